The average Bonchev–Trinajstić information content (AvgIpc) is 2.46. The fourth-order valence-electron chi connectivity index (χ4n) is 1.99. The standard InChI is InChI=1S/C16H22N2O4/c1-4-10(2)15(16(21)22)17-9-14(20)18-13-7-5-6-12(8-13)11(3)19/h5-8,10,15,17H,4,9H2,1-3H3,(H,18,20)(H,21,22)/t10-,15-/m0/s1. The first-order chi connectivity index (χ1) is 10.3. The number of Topliss-reactive ketones (excluding diaryl/α,β-unsaturated/α-hetero) is 1. The summed E-state index contributed by atoms with van der Waals surface area (Å²) >= 11 is 0. The molecule has 0 saturated heterocycles. The van der Waals surface area contributed by atoms with E-state index in [1.54, 1.807) is 24.3 Å². The minimum Gasteiger partial charge on any atom is -0.480 e. The van der Waals surface area contributed by atoms with Crippen molar-refractivity contribution in [2.45, 2.75) is 33.2 Å². The molecule has 0 aliphatic heterocycles. The summed E-state index contributed by atoms with van der Waals surface area (Å²) in [4.78, 5) is 34.3. The zero-order chi connectivity index (χ0) is 16.7. The van der Waals surface area contributed by atoms with E-state index in [1.165, 1.54) is 6.92 Å². The van der Waals surface area contributed by atoms with Gasteiger partial charge < -0.3 is 10.4 Å². The van der Waals surface area contributed by atoms with Gasteiger partial charge in [-0.15, -0.1) is 0 Å². The molecule has 6 nitrogen and oxygen atoms in total. The fourth-order valence-corrected chi connectivity index (χ4v) is 1.99. The molecule has 0 spiro atoms. The van der Waals surface area contributed by atoms with Gasteiger partial charge in [0.25, 0.3) is 0 Å². The van der Waals surface area contributed by atoms with Crippen molar-refractivity contribution < 1.29 is 19.5 Å². The van der Waals surface area contributed by atoms with Gasteiger partial charge in [-0.1, -0.05) is 32.4 Å². The summed E-state index contributed by atoms with van der Waals surface area (Å²) in [5, 5.41) is 14.5. The van der Waals surface area contributed by atoms with Gasteiger partial charge in [0.2, 0.25) is 5.91 Å². The van der Waals surface area contributed by atoms with Crippen LogP contribution in [0.5, 0.6) is 0 Å². The van der Waals surface area contributed by atoms with Gasteiger partial charge in [-0.25, -0.2) is 0 Å². The third-order valence-corrected chi connectivity index (χ3v) is 3.51. The summed E-state index contributed by atoms with van der Waals surface area (Å²) in [5.74, 6) is -1.49. The second-order valence-corrected chi connectivity index (χ2v) is 5.27. The van der Waals surface area contributed by atoms with E-state index in [0.29, 0.717) is 17.7 Å². The lowest BCUT2D eigenvalue weighted by molar-refractivity contribution is -0.140. The van der Waals surface area contributed by atoms with Crippen molar-refractivity contribution in [3.05, 3.63) is 29.8 Å². The van der Waals surface area contributed by atoms with Crippen LogP contribution >= 0.6 is 0 Å². The number of hydrogen-bond acceptors (Lipinski definition) is 4. The molecule has 0 bridgehead atoms. The molecule has 22 heavy (non-hydrogen) atoms. The van der Waals surface area contributed by atoms with Crippen LogP contribution in [-0.4, -0.2) is 35.4 Å². The molecule has 1 amide bonds. The molecule has 6 heteroatoms. The van der Waals surface area contributed by atoms with Crippen molar-refractivity contribution >= 4 is 23.3 Å². The number of hydrogen-bond donors (Lipinski definition) is 3. The average molecular weight is 306 g/mol. The maximum atomic E-state index is 11.9. The van der Waals surface area contributed by atoms with Crippen LogP contribution in [0.25, 0.3) is 0 Å². The van der Waals surface area contributed by atoms with Crippen molar-refractivity contribution in [2.75, 3.05) is 11.9 Å². The van der Waals surface area contributed by atoms with Gasteiger partial charge in [0, 0.05) is 11.3 Å². The Bertz CT molecular complexity index is 557. The molecule has 0 aliphatic rings. The van der Waals surface area contributed by atoms with Crippen LogP contribution in [0.2, 0.25) is 0 Å². The lowest BCUT2D eigenvalue weighted by Crippen LogP contribution is -2.45. The fraction of sp³-hybridized carbons (Fsp3) is 0.438. The molecule has 0 unspecified atom stereocenters. The second kappa shape index (κ2) is 8.29. The number of aliphatic carboxylic acids is 1. The lowest BCUT2D eigenvalue weighted by atomic mass is 9.99. The number of rotatable bonds is 8. The summed E-state index contributed by atoms with van der Waals surface area (Å²) in [7, 11) is 0. The predicted molar refractivity (Wildman–Crippen MR) is 84.0 cm³/mol. The molecule has 3 N–H and O–H groups in total. The van der Waals surface area contributed by atoms with Gasteiger partial charge in [0.05, 0.1) is 6.54 Å². The molecule has 1 aromatic carbocycles. The topological polar surface area (TPSA) is 95.5 Å². The number of benzene rings is 1. The van der Waals surface area contributed by atoms with E-state index < -0.39 is 12.0 Å². The summed E-state index contributed by atoms with van der Waals surface area (Å²) in [6.45, 7) is 5.06. The number of carbonyl (C=O) groups is 3. The number of anilines is 1. The van der Waals surface area contributed by atoms with E-state index in [4.69, 9.17) is 5.11 Å². The Labute approximate surface area is 129 Å². The van der Waals surface area contributed by atoms with Crippen LogP contribution in [0.4, 0.5) is 5.69 Å². The Kier molecular flexibility index (Phi) is 6.72. The van der Waals surface area contributed by atoms with Crippen molar-refractivity contribution in [2.24, 2.45) is 5.92 Å². The van der Waals surface area contributed by atoms with E-state index in [2.05, 4.69) is 10.6 Å². The second-order valence-electron chi connectivity index (χ2n) is 5.27. The van der Waals surface area contributed by atoms with Crippen molar-refractivity contribution in [3.63, 3.8) is 0 Å². The molecule has 0 radical (unpaired) electrons. The molecule has 1 aromatic rings. The Morgan fingerprint density at radius 2 is 1.95 bits per heavy atom. The molecule has 0 saturated carbocycles. The lowest BCUT2D eigenvalue weighted by Gasteiger charge is -2.19. The number of nitrogens with one attached hydrogen (secondary N) is 2. The smallest absolute Gasteiger partial charge is 0.320 e. The van der Waals surface area contributed by atoms with Crippen molar-refractivity contribution in [1.82, 2.24) is 5.32 Å². The molecule has 2 atom stereocenters. The van der Waals surface area contributed by atoms with Gasteiger partial charge in [0.1, 0.15) is 6.04 Å². The van der Waals surface area contributed by atoms with Gasteiger partial charge in [0.15, 0.2) is 5.78 Å². The number of carboxylic acid groups (broad SMARTS) is 1. The minimum atomic E-state index is -0.972. The number of amides is 1. The zero-order valence-corrected chi connectivity index (χ0v) is 13.1. The van der Waals surface area contributed by atoms with Gasteiger partial charge in [-0.2, -0.15) is 0 Å². The van der Waals surface area contributed by atoms with Crippen LogP contribution < -0.4 is 10.6 Å². The highest BCUT2D eigenvalue weighted by Crippen LogP contribution is 2.11. The highest BCUT2D eigenvalue weighted by Gasteiger charge is 2.23. The maximum absolute atomic E-state index is 11.9. The summed E-state index contributed by atoms with van der Waals surface area (Å²) in [5.41, 5.74) is 1.02. The summed E-state index contributed by atoms with van der Waals surface area (Å²) < 4.78 is 0. The Balaban J connectivity index is 2.61. The van der Waals surface area contributed by atoms with Gasteiger partial charge in [-0.3, -0.25) is 19.7 Å². The van der Waals surface area contributed by atoms with Crippen LogP contribution in [0.15, 0.2) is 24.3 Å². The molecule has 120 valence electrons. The molecular formula is C16H22N2O4. The zero-order valence-electron chi connectivity index (χ0n) is 13.1. The third kappa shape index (κ3) is 5.29. The molecule has 1 rings (SSSR count). The number of ketones is 1. The van der Waals surface area contributed by atoms with E-state index >= 15 is 0 Å². The first kappa shape index (κ1) is 17.8. The molecule has 0 aromatic heterocycles. The Hall–Kier alpha value is -2.21. The Morgan fingerprint density at radius 1 is 1.27 bits per heavy atom. The Morgan fingerprint density at radius 3 is 2.50 bits per heavy atom. The minimum absolute atomic E-state index is 0.0775. The van der Waals surface area contributed by atoms with E-state index in [-0.39, 0.29) is 24.2 Å². The van der Waals surface area contributed by atoms with Crippen molar-refractivity contribution in [3.8, 4) is 0 Å². The first-order valence-electron chi connectivity index (χ1n) is 7.22. The van der Waals surface area contributed by atoms with Crippen LogP contribution in [0.1, 0.15) is 37.6 Å². The number of carboxylic acids is 1. The van der Waals surface area contributed by atoms with Gasteiger partial charge in [-0.05, 0) is 25.0 Å². The quantitative estimate of drug-likeness (QED) is 0.638. The van der Waals surface area contributed by atoms with E-state index in [9.17, 15) is 14.4 Å². The maximum Gasteiger partial charge on any atom is 0.320 e. The predicted octanol–water partition coefficient (Wildman–Crippen LogP) is 1.92. The van der Waals surface area contributed by atoms with Crippen LogP contribution in [0.3, 0.4) is 0 Å². The monoisotopic (exact) mass is 306 g/mol. The summed E-state index contributed by atoms with van der Waals surface area (Å²) in [6.07, 6.45) is 0.701. The van der Waals surface area contributed by atoms with E-state index in [0.717, 1.165) is 0 Å². The van der Waals surface area contributed by atoms with Crippen LogP contribution in [-0.2, 0) is 9.59 Å². The van der Waals surface area contributed by atoms with E-state index in [1.807, 2.05) is 13.8 Å². The SMILES string of the molecule is CC[C@H](C)[C@H](NCC(=O)Nc1cccc(C(C)=O)c1)C(=O)O. The molecule has 0 fully saturated rings. The number of carbonyl (C=O) groups excluding carboxylic acids is 2. The highest BCUT2D eigenvalue weighted by atomic mass is 16.4. The third-order valence-electron chi connectivity index (χ3n) is 3.51. The first-order valence-corrected chi connectivity index (χ1v) is 7.22. The van der Waals surface area contributed by atoms with Crippen LogP contribution in [0, 0.1) is 5.92 Å². The molecule has 0 heterocycles. The highest BCUT2D eigenvalue weighted by molar-refractivity contribution is 5.97. The molecule has 0 aliphatic carbocycles. The van der Waals surface area contributed by atoms with Gasteiger partial charge >= 0.3 is 5.97 Å². The normalized spacial score (nSPS) is 13.2. The summed E-state index contributed by atoms with van der Waals surface area (Å²) in [6, 6.07) is 5.84. The molecular weight excluding hydrogens is 284 g/mol. The van der Waals surface area contributed by atoms with Crippen molar-refractivity contribution in [1.29, 1.82) is 0 Å². The largest absolute Gasteiger partial charge is 0.480 e.